The molecule has 0 aliphatic carbocycles. The van der Waals surface area contributed by atoms with E-state index in [1.165, 1.54) is 36.5 Å². The van der Waals surface area contributed by atoms with Gasteiger partial charge < -0.3 is 91.6 Å². The Morgan fingerprint density at radius 1 is 0.733 bits per heavy atom. The smallest absolute Gasteiger partial charge is 0.251 e. The Morgan fingerprint density at radius 2 is 1.35 bits per heavy atom. The van der Waals surface area contributed by atoms with Crippen LogP contribution in [0, 0.1) is 12.5 Å². The standard InChI is InChI=1S/C58H74N10O17S/c1-30-28-68-48(49(30)76)54(81)60-26-36(70)24-39(61-50(77)33-11-13-34(14-12-33)55-65-66-56(86-55)35-15-17-38(18-16-35)85-21-9-7-5-6-8-20-84-4)51(78)62-45(31(2)69)57(82)67-29-37(71)25-40(67)52(79)63-46(43(74)23-32-10-19-41(72)42(73)22-32)53(80)64-47(58(68)83)44(75)27-59-3/h10-19,22,30-31,36-37,39-40,43-49,69-76H,5-9,20-21,23-29H2,1-2,4H3,(H,60,81)(H,61,77)(H,62,78)(H,63,79)(H,64,80)/t30?,31?,36-,37?,39-,40?,43+,44+,45?,46?,47-,48?,49-/m0/s1. The maximum Gasteiger partial charge on any atom is 0.251 e. The number of nitrogens with zero attached hydrogens (tertiary/aromatic N) is 5. The van der Waals surface area contributed by atoms with Gasteiger partial charge >= 0.3 is 0 Å². The number of carbonyl (C=O) groups is 7. The van der Waals surface area contributed by atoms with Gasteiger partial charge in [0.1, 0.15) is 52.0 Å². The molecule has 4 aromatic rings. The van der Waals surface area contributed by atoms with E-state index in [1.807, 2.05) is 24.3 Å². The third-order valence-electron chi connectivity index (χ3n) is 15.2. The number of aromatic hydroxyl groups is 2. The lowest BCUT2D eigenvalue weighted by molar-refractivity contribution is -0.147. The molecular weight excluding hydrogens is 1140 g/mol. The highest BCUT2D eigenvalue weighted by Gasteiger charge is 2.50. The van der Waals surface area contributed by atoms with Crippen LogP contribution in [0.15, 0.2) is 66.7 Å². The number of ether oxygens (including phenoxy) is 2. The monoisotopic (exact) mass is 1210 g/mol. The lowest BCUT2D eigenvalue weighted by Crippen LogP contribution is -2.64. The summed E-state index contributed by atoms with van der Waals surface area (Å²) in [4.78, 5) is 105. The minimum atomic E-state index is -2.11. The first-order valence-electron chi connectivity index (χ1n) is 28.3. The van der Waals surface area contributed by atoms with Crippen LogP contribution in [0.3, 0.4) is 0 Å². The second-order valence-corrected chi connectivity index (χ2v) is 22.8. The summed E-state index contributed by atoms with van der Waals surface area (Å²) < 4.78 is 11.0. The predicted molar refractivity (Wildman–Crippen MR) is 307 cm³/mol. The Hall–Kier alpha value is -7.88. The first kappa shape index (κ1) is 65.7. The van der Waals surface area contributed by atoms with Gasteiger partial charge in [-0.05, 0) is 73.9 Å². The van der Waals surface area contributed by atoms with Crippen LogP contribution >= 0.6 is 11.3 Å². The van der Waals surface area contributed by atoms with E-state index in [1.54, 1.807) is 19.2 Å². The van der Waals surface area contributed by atoms with Crippen molar-refractivity contribution in [2.24, 2.45) is 5.92 Å². The molecular formula is C58H74N10O17S. The molecule has 3 aliphatic heterocycles. The number of phenols is 2. The number of amides is 7. The molecule has 13 atom stereocenters. The van der Waals surface area contributed by atoms with Crippen LogP contribution in [0.1, 0.15) is 74.7 Å². The van der Waals surface area contributed by atoms with Crippen LogP contribution in [-0.2, 0) is 39.9 Å². The topological polar surface area (TPSA) is 397 Å². The number of fused-ring (bicyclic) bond motifs is 2. The van der Waals surface area contributed by atoms with Crippen molar-refractivity contribution in [1.82, 2.24) is 46.6 Å². The molecule has 3 aromatic carbocycles. The number of unbranched alkanes of at least 4 members (excludes halogenated alkanes) is 4. The van der Waals surface area contributed by atoms with E-state index in [0.29, 0.717) is 22.2 Å². The van der Waals surface area contributed by atoms with Gasteiger partial charge in [0.05, 0.1) is 37.1 Å². The van der Waals surface area contributed by atoms with Crippen molar-refractivity contribution in [3.05, 3.63) is 89.3 Å². The fourth-order valence-electron chi connectivity index (χ4n) is 10.4. The Bertz CT molecular complexity index is 3050. The molecule has 7 unspecified atom stereocenters. The van der Waals surface area contributed by atoms with Crippen molar-refractivity contribution in [1.29, 1.82) is 0 Å². The zero-order valence-corrected chi connectivity index (χ0v) is 48.5. The summed E-state index contributed by atoms with van der Waals surface area (Å²) in [6.07, 6.45) is -6.84. The number of hydrogen-bond donors (Lipinski definition) is 13. The van der Waals surface area contributed by atoms with Crippen molar-refractivity contribution < 1.29 is 83.9 Å². The number of carbonyl (C=O) groups excluding carboxylic acids is 7. The van der Waals surface area contributed by atoms with Gasteiger partial charge in [0, 0.05) is 75.2 Å². The zero-order valence-electron chi connectivity index (χ0n) is 47.7. The van der Waals surface area contributed by atoms with Crippen LogP contribution in [0.2, 0.25) is 0 Å². The lowest BCUT2D eigenvalue weighted by Gasteiger charge is -2.33. The zero-order chi connectivity index (χ0) is 62.4. The average Bonchev–Trinajstić information content (AvgIpc) is 2.15. The number of aliphatic hydroxyl groups is 6. The van der Waals surface area contributed by atoms with Gasteiger partial charge in [-0.1, -0.05) is 55.7 Å². The summed E-state index contributed by atoms with van der Waals surface area (Å²) in [7, 11) is 1.70. The van der Waals surface area contributed by atoms with Gasteiger partial charge in [0.25, 0.3) is 5.91 Å². The molecule has 28 heteroatoms. The number of nitrogens with one attached hydrogen (secondary N) is 5. The third kappa shape index (κ3) is 16.8. The van der Waals surface area contributed by atoms with Gasteiger partial charge in [-0.2, -0.15) is 0 Å². The van der Waals surface area contributed by atoms with E-state index in [2.05, 4.69) is 41.6 Å². The summed E-state index contributed by atoms with van der Waals surface area (Å²) in [6.45, 7) is 9.03. The largest absolute Gasteiger partial charge is 0.504 e. The highest BCUT2D eigenvalue weighted by molar-refractivity contribution is 7.17. The molecule has 0 bridgehead atoms. The van der Waals surface area contributed by atoms with Crippen molar-refractivity contribution in [2.75, 3.05) is 46.5 Å². The Kier molecular flexibility index (Phi) is 23.3. The van der Waals surface area contributed by atoms with E-state index in [0.717, 1.165) is 78.9 Å². The van der Waals surface area contributed by atoms with E-state index < -0.39 is 171 Å². The molecule has 7 amide bonds. The minimum Gasteiger partial charge on any atom is -0.504 e. The summed E-state index contributed by atoms with van der Waals surface area (Å²) in [6, 6.07) is 5.71. The lowest BCUT2D eigenvalue weighted by atomic mass is 9.99. The van der Waals surface area contributed by atoms with E-state index in [4.69, 9.17) is 16.0 Å². The minimum absolute atomic E-state index is 0.0210. The number of β-amino-alcohol motifs (C(OH)–C–C–N with tert-alkyl or cyclic N) is 1. The number of benzene rings is 3. The Morgan fingerprint density at radius 3 is 1.99 bits per heavy atom. The molecule has 0 spiro atoms. The maximum atomic E-state index is 14.5. The molecule has 464 valence electrons. The first-order chi connectivity index (χ1) is 41.1. The molecule has 1 aromatic heterocycles. The third-order valence-corrected chi connectivity index (χ3v) is 16.2. The molecule has 3 saturated heterocycles. The first-order valence-corrected chi connectivity index (χ1v) is 29.1. The van der Waals surface area contributed by atoms with Crippen LogP contribution in [0.4, 0.5) is 0 Å². The fourth-order valence-corrected chi connectivity index (χ4v) is 11.3. The summed E-state index contributed by atoms with van der Waals surface area (Å²) in [5.41, 5.74) is 1.53. The van der Waals surface area contributed by atoms with Gasteiger partial charge in [0.2, 0.25) is 42.0 Å². The van der Waals surface area contributed by atoms with Crippen molar-refractivity contribution in [3.8, 4) is 38.4 Å². The van der Waals surface area contributed by atoms with Crippen LogP contribution < -0.4 is 31.3 Å². The molecule has 7 rings (SSSR count). The Labute approximate surface area is 499 Å². The van der Waals surface area contributed by atoms with E-state index >= 15 is 0 Å². The number of hydrogen-bond acceptors (Lipinski definition) is 20. The quantitative estimate of drug-likeness (QED) is 0.0308. The van der Waals surface area contributed by atoms with Crippen molar-refractivity contribution in [3.63, 3.8) is 0 Å². The highest BCUT2D eigenvalue weighted by atomic mass is 32.1. The second-order valence-electron chi connectivity index (χ2n) is 21.8. The fraction of sp³-hybridized carbons (Fsp3) is 0.517. The molecule has 3 aliphatic rings. The Balaban J connectivity index is 1.14. The van der Waals surface area contributed by atoms with E-state index in [-0.39, 0.29) is 17.7 Å². The number of aromatic nitrogens is 2. The number of methoxy groups -OCH3 is 1. The van der Waals surface area contributed by atoms with Gasteiger partial charge in [0.15, 0.2) is 17.6 Å². The summed E-state index contributed by atoms with van der Waals surface area (Å²) in [5, 5.41) is 110. The molecule has 4 heterocycles. The van der Waals surface area contributed by atoms with Gasteiger partial charge in [-0.25, -0.2) is 6.57 Å². The molecule has 13 N–H and O–H groups in total. The van der Waals surface area contributed by atoms with Crippen LogP contribution in [-0.4, -0.2) is 222 Å². The van der Waals surface area contributed by atoms with Crippen LogP contribution in [0.25, 0.3) is 26.0 Å². The summed E-state index contributed by atoms with van der Waals surface area (Å²) in [5.74, 6) is -9.13. The summed E-state index contributed by atoms with van der Waals surface area (Å²) >= 11 is 1.30. The molecule has 3 fully saturated rings. The number of phenolic OH excluding ortho intramolecular Hbond substituents is 2. The number of rotatable bonds is 19. The highest BCUT2D eigenvalue weighted by Crippen LogP contribution is 2.32. The molecule has 0 radical (unpaired) electrons. The maximum absolute atomic E-state index is 14.5. The van der Waals surface area contributed by atoms with Crippen molar-refractivity contribution in [2.45, 2.75) is 138 Å². The molecule has 27 nitrogen and oxygen atoms in total. The molecule has 0 saturated carbocycles. The normalized spacial score (nSPS) is 25.5. The predicted octanol–water partition coefficient (Wildman–Crippen LogP) is -0.873. The van der Waals surface area contributed by atoms with Crippen LogP contribution in [0.5, 0.6) is 17.2 Å². The number of aliphatic hydroxyl groups excluding tert-OH is 6. The second kappa shape index (κ2) is 30.5. The van der Waals surface area contributed by atoms with Gasteiger partial charge in [-0.15, -0.1) is 10.2 Å². The molecule has 86 heavy (non-hydrogen) atoms. The SMILES string of the molecule is [C-]#[N+]C[C@@H](O)[C@@H]1NC(=O)C([C@H](O)Cc2ccc(O)c(O)c2)NC(=O)C2CC(O)CN2C(=O)C(C(C)O)NC(=O)[C@@H](NC(=O)c2ccc(-c3nnc(-c4ccc(OCCCCCCCOC)cc4)s3)cc2)C[C@H](O)CNC(=O)C2[C@@H](O)C(C)CN2C1=O. The van der Waals surface area contributed by atoms with Gasteiger partial charge in [-0.3, -0.25) is 33.6 Å². The van der Waals surface area contributed by atoms with E-state index in [9.17, 15) is 74.4 Å². The van der Waals surface area contributed by atoms with Crippen molar-refractivity contribution >= 4 is 52.7 Å². The average molecular weight is 1220 g/mol.